The highest BCUT2D eigenvalue weighted by Gasteiger charge is 2.35. The van der Waals surface area contributed by atoms with E-state index in [1.807, 2.05) is 29.6 Å². The van der Waals surface area contributed by atoms with Crippen molar-refractivity contribution in [3.8, 4) is 0 Å². The van der Waals surface area contributed by atoms with E-state index in [1.165, 1.54) is 0 Å². The summed E-state index contributed by atoms with van der Waals surface area (Å²) in [5, 5.41) is 6.97. The lowest BCUT2D eigenvalue weighted by atomic mass is 10.1. The van der Waals surface area contributed by atoms with Crippen LogP contribution in [0.5, 0.6) is 0 Å². The molecule has 0 unspecified atom stereocenters. The lowest BCUT2D eigenvalue weighted by Gasteiger charge is -2.36. The van der Waals surface area contributed by atoms with Crippen molar-refractivity contribution in [2.75, 3.05) is 10.2 Å². The Morgan fingerprint density at radius 2 is 2.12 bits per heavy atom. The number of fused-ring (bicyclic) bond motifs is 1. The van der Waals surface area contributed by atoms with Gasteiger partial charge in [0.1, 0.15) is 5.82 Å². The molecule has 3 aromatic rings. The SMILES string of the molecule is CCc1nc([C@@H]2Nc3ccccc3C(=O)N2c2ccc(Cl)cn2)cs1. The van der Waals surface area contributed by atoms with Gasteiger partial charge in [-0.15, -0.1) is 11.3 Å². The molecule has 0 saturated heterocycles. The lowest BCUT2D eigenvalue weighted by molar-refractivity contribution is 0.0973. The lowest BCUT2D eigenvalue weighted by Crippen LogP contribution is -2.43. The van der Waals surface area contributed by atoms with Gasteiger partial charge in [0.15, 0.2) is 6.17 Å². The summed E-state index contributed by atoms with van der Waals surface area (Å²) in [5.41, 5.74) is 2.22. The summed E-state index contributed by atoms with van der Waals surface area (Å²) in [6.45, 7) is 2.07. The number of amides is 1. The molecule has 3 heterocycles. The predicted octanol–water partition coefficient (Wildman–Crippen LogP) is 4.53. The zero-order chi connectivity index (χ0) is 17.4. The summed E-state index contributed by atoms with van der Waals surface area (Å²) in [6.07, 6.45) is 1.99. The fourth-order valence-electron chi connectivity index (χ4n) is 2.82. The number of halogens is 1. The van der Waals surface area contributed by atoms with E-state index in [0.29, 0.717) is 16.4 Å². The second kappa shape index (κ2) is 6.46. The number of nitrogens with zero attached hydrogens (tertiary/aromatic N) is 3. The number of benzene rings is 1. The van der Waals surface area contributed by atoms with Crippen LogP contribution in [-0.4, -0.2) is 15.9 Å². The van der Waals surface area contributed by atoms with Gasteiger partial charge in [-0.1, -0.05) is 30.7 Å². The van der Waals surface area contributed by atoms with Gasteiger partial charge in [0.2, 0.25) is 0 Å². The molecule has 2 aromatic heterocycles. The Morgan fingerprint density at radius 3 is 2.84 bits per heavy atom. The first-order valence-electron chi connectivity index (χ1n) is 7.92. The molecule has 1 atom stereocenters. The Labute approximate surface area is 154 Å². The maximum atomic E-state index is 13.2. The Morgan fingerprint density at radius 1 is 1.28 bits per heavy atom. The Hall–Kier alpha value is -2.44. The third-order valence-electron chi connectivity index (χ3n) is 4.04. The van der Waals surface area contributed by atoms with Gasteiger partial charge in [-0.2, -0.15) is 0 Å². The van der Waals surface area contributed by atoms with Gasteiger partial charge in [0.05, 0.1) is 21.3 Å². The summed E-state index contributed by atoms with van der Waals surface area (Å²) in [6, 6.07) is 10.9. The van der Waals surface area contributed by atoms with Gasteiger partial charge in [0, 0.05) is 17.3 Å². The number of rotatable bonds is 3. The maximum absolute atomic E-state index is 13.2. The molecule has 0 spiro atoms. The molecule has 1 aliphatic rings. The first-order chi connectivity index (χ1) is 12.2. The van der Waals surface area contributed by atoms with E-state index in [-0.39, 0.29) is 5.91 Å². The maximum Gasteiger partial charge on any atom is 0.263 e. The fraction of sp³-hybridized carbons (Fsp3) is 0.167. The summed E-state index contributed by atoms with van der Waals surface area (Å²) in [7, 11) is 0. The van der Waals surface area contributed by atoms with Crippen LogP contribution in [0.3, 0.4) is 0 Å². The van der Waals surface area contributed by atoms with Crippen LogP contribution in [0.4, 0.5) is 11.5 Å². The zero-order valence-electron chi connectivity index (χ0n) is 13.4. The van der Waals surface area contributed by atoms with Crippen molar-refractivity contribution in [1.82, 2.24) is 9.97 Å². The van der Waals surface area contributed by atoms with Crippen LogP contribution in [0.15, 0.2) is 48.0 Å². The first-order valence-corrected chi connectivity index (χ1v) is 9.18. The summed E-state index contributed by atoms with van der Waals surface area (Å²) in [5.74, 6) is 0.424. The second-order valence-corrected chi connectivity index (χ2v) is 7.00. The summed E-state index contributed by atoms with van der Waals surface area (Å²) >= 11 is 7.55. The molecular formula is C18H15ClN4OS. The topological polar surface area (TPSA) is 58.1 Å². The van der Waals surface area contributed by atoms with Gasteiger partial charge in [-0.05, 0) is 30.7 Å². The van der Waals surface area contributed by atoms with E-state index in [4.69, 9.17) is 11.6 Å². The molecular weight excluding hydrogens is 356 g/mol. The van der Waals surface area contributed by atoms with Crippen molar-refractivity contribution >= 4 is 40.4 Å². The summed E-state index contributed by atoms with van der Waals surface area (Å²) in [4.78, 5) is 23.8. The number of carbonyl (C=O) groups is 1. The fourth-order valence-corrected chi connectivity index (χ4v) is 3.70. The standard InChI is InChI=1S/C18H15ClN4OS/c1-2-16-21-14(10-25-16)17-22-13-6-4-3-5-12(13)18(24)23(17)15-8-7-11(19)9-20-15/h3-10,17,22H,2H2,1H3/t17-/m1/s1. The monoisotopic (exact) mass is 370 g/mol. The van der Waals surface area contributed by atoms with Crippen molar-refractivity contribution in [3.05, 3.63) is 69.3 Å². The summed E-state index contributed by atoms with van der Waals surface area (Å²) < 4.78 is 0. The molecule has 25 heavy (non-hydrogen) atoms. The van der Waals surface area contributed by atoms with Crippen LogP contribution in [0.25, 0.3) is 0 Å². The van der Waals surface area contributed by atoms with E-state index in [2.05, 4.69) is 22.2 Å². The largest absolute Gasteiger partial charge is 0.359 e. The van der Waals surface area contributed by atoms with Gasteiger partial charge in [-0.25, -0.2) is 9.97 Å². The van der Waals surface area contributed by atoms with Crippen LogP contribution in [0.1, 0.15) is 34.1 Å². The molecule has 0 fully saturated rings. The molecule has 0 aliphatic carbocycles. The molecule has 1 aromatic carbocycles. The highest BCUT2D eigenvalue weighted by molar-refractivity contribution is 7.09. The van der Waals surface area contributed by atoms with Crippen molar-refractivity contribution in [2.45, 2.75) is 19.5 Å². The first kappa shape index (κ1) is 16.1. The minimum absolute atomic E-state index is 0.111. The highest BCUT2D eigenvalue weighted by Crippen LogP contribution is 2.36. The molecule has 1 amide bonds. The number of anilines is 2. The van der Waals surface area contributed by atoms with Crippen molar-refractivity contribution in [3.63, 3.8) is 0 Å². The van der Waals surface area contributed by atoms with Crippen LogP contribution in [-0.2, 0) is 6.42 Å². The third kappa shape index (κ3) is 2.88. The van der Waals surface area contributed by atoms with Gasteiger partial charge >= 0.3 is 0 Å². The van der Waals surface area contributed by atoms with Crippen molar-refractivity contribution in [2.24, 2.45) is 0 Å². The van der Waals surface area contributed by atoms with Crippen LogP contribution >= 0.6 is 22.9 Å². The number of pyridine rings is 1. The quantitative estimate of drug-likeness (QED) is 0.736. The number of para-hydroxylation sites is 1. The van der Waals surface area contributed by atoms with E-state index in [9.17, 15) is 4.79 Å². The van der Waals surface area contributed by atoms with Crippen molar-refractivity contribution < 1.29 is 4.79 Å². The average molecular weight is 371 g/mol. The molecule has 1 aliphatic heterocycles. The molecule has 5 nitrogen and oxygen atoms in total. The highest BCUT2D eigenvalue weighted by atomic mass is 35.5. The molecule has 4 rings (SSSR count). The normalized spacial score (nSPS) is 16.5. The van der Waals surface area contributed by atoms with Gasteiger partial charge in [-0.3, -0.25) is 9.69 Å². The van der Waals surface area contributed by atoms with Gasteiger partial charge < -0.3 is 5.32 Å². The van der Waals surface area contributed by atoms with Crippen molar-refractivity contribution in [1.29, 1.82) is 0 Å². The second-order valence-electron chi connectivity index (χ2n) is 5.62. The molecule has 7 heteroatoms. The minimum atomic E-state index is -0.410. The minimum Gasteiger partial charge on any atom is -0.359 e. The zero-order valence-corrected chi connectivity index (χ0v) is 15.0. The van der Waals surface area contributed by atoms with Gasteiger partial charge in [0.25, 0.3) is 5.91 Å². The van der Waals surface area contributed by atoms with E-state index in [1.54, 1.807) is 34.6 Å². The van der Waals surface area contributed by atoms with Crippen LogP contribution in [0.2, 0.25) is 5.02 Å². The van der Waals surface area contributed by atoms with E-state index in [0.717, 1.165) is 22.8 Å². The number of aromatic nitrogens is 2. The molecule has 1 N–H and O–H groups in total. The molecule has 0 radical (unpaired) electrons. The van der Waals surface area contributed by atoms with E-state index < -0.39 is 6.17 Å². The number of hydrogen-bond donors (Lipinski definition) is 1. The number of thiazole rings is 1. The molecule has 0 saturated carbocycles. The smallest absolute Gasteiger partial charge is 0.263 e. The molecule has 0 bridgehead atoms. The van der Waals surface area contributed by atoms with E-state index >= 15 is 0 Å². The Balaban J connectivity index is 1.83. The third-order valence-corrected chi connectivity index (χ3v) is 5.27. The predicted molar refractivity (Wildman–Crippen MR) is 100 cm³/mol. The Bertz CT molecular complexity index is 925. The number of hydrogen-bond acceptors (Lipinski definition) is 5. The Kier molecular flexibility index (Phi) is 4.15. The average Bonchev–Trinajstić information content (AvgIpc) is 3.12. The molecule has 126 valence electrons. The number of nitrogens with one attached hydrogen (secondary N) is 1. The van der Waals surface area contributed by atoms with Crippen LogP contribution < -0.4 is 10.2 Å². The number of carbonyl (C=O) groups excluding carboxylic acids is 1. The van der Waals surface area contributed by atoms with Crippen LogP contribution in [0, 0.1) is 0 Å². The number of aryl methyl sites for hydroxylation is 1.